The summed E-state index contributed by atoms with van der Waals surface area (Å²) >= 11 is 1.46. The van der Waals surface area contributed by atoms with Crippen molar-refractivity contribution in [3.05, 3.63) is 40.3 Å². The number of aromatic carboxylic acids is 1. The van der Waals surface area contributed by atoms with Crippen molar-refractivity contribution in [3.8, 4) is 0 Å². The Kier molecular flexibility index (Phi) is 3.89. The lowest BCUT2D eigenvalue weighted by molar-refractivity contribution is 0.0697. The Hall–Kier alpha value is -1.66. The third-order valence-corrected chi connectivity index (χ3v) is 3.21. The topological polar surface area (TPSA) is 67.2 Å². The van der Waals surface area contributed by atoms with Gasteiger partial charge in [-0.3, -0.25) is 4.68 Å². The molecule has 2 aromatic heterocycles. The van der Waals surface area contributed by atoms with Crippen molar-refractivity contribution < 1.29 is 9.90 Å². The fourth-order valence-corrected chi connectivity index (χ4v) is 2.25. The molecule has 0 radical (unpaired) electrons. The molecule has 2 rings (SSSR count). The molecule has 0 bridgehead atoms. The lowest BCUT2D eigenvalue weighted by atomic mass is 10.3. The van der Waals surface area contributed by atoms with E-state index in [1.807, 2.05) is 16.9 Å². The molecule has 90 valence electrons. The highest BCUT2D eigenvalue weighted by Crippen LogP contribution is 2.14. The van der Waals surface area contributed by atoms with Crippen LogP contribution in [-0.2, 0) is 13.1 Å². The number of nitrogens with zero attached hydrogens (tertiary/aromatic N) is 2. The van der Waals surface area contributed by atoms with Gasteiger partial charge >= 0.3 is 5.97 Å². The van der Waals surface area contributed by atoms with Crippen LogP contribution in [0.4, 0.5) is 0 Å². The summed E-state index contributed by atoms with van der Waals surface area (Å²) in [5.74, 6) is -0.871. The minimum Gasteiger partial charge on any atom is -0.478 e. The lowest BCUT2D eigenvalue weighted by Crippen LogP contribution is -2.19. The zero-order valence-corrected chi connectivity index (χ0v) is 9.98. The van der Waals surface area contributed by atoms with E-state index in [1.54, 1.807) is 17.6 Å². The van der Waals surface area contributed by atoms with E-state index in [1.165, 1.54) is 11.3 Å². The van der Waals surface area contributed by atoms with E-state index >= 15 is 0 Å². The highest BCUT2D eigenvalue weighted by atomic mass is 32.1. The maximum Gasteiger partial charge on any atom is 0.336 e. The van der Waals surface area contributed by atoms with Crippen LogP contribution >= 0.6 is 11.3 Å². The Morgan fingerprint density at radius 1 is 1.59 bits per heavy atom. The van der Waals surface area contributed by atoms with Crippen LogP contribution in [0.25, 0.3) is 0 Å². The first-order chi connectivity index (χ1) is 8.25. The number of thiophene rings is 1. The van der Waals surface area contributed by atoms with E-state index < -0.39 is 5.97 Å². The van der Waals surface area contributed by atoms with Crippen molar-refractivity contribution in [2.45, 2.75) is 13.1 Å². The summed E-state index contributed by atoms with van der Waals surface area (Å²) in [6, 6.07) is 3.59. The SMILES string of the molecule is O=C(O)c1csc(CNCCn2cccn2)c1. The van der Waals surface area contributed by atoms with Crippen LogP contribution in [0.3, 0.4) is 0 Å². The van der Waals surface area contributed by atoms with Crippen molar-refractivity contribution in [1.82, 2.24) is 15.1 Å². The van der Waals surface area contributed by atoms with Gasteiger partial charge in [0.15, 0.2) is 0 Å². The van der Waals surface area contributed by atoms with Gasteiger partial charge in [0.1, 0.15) is 0 Å². The first kappa shape index (κ1) is 11.8. The maximum atomic E-state index is 10.7. The molecule has 0 spiro atoms. The number of hydrogen-bond donors (Lipinski definition) is 2. The number of aromatic nitrogens is 2. The van der Waals surface area contributed by atoms with Gasteiger partial charge in [-0.2, -0.15) is 5.10 Å². The average molecular weight is 251 g/mol. The minimum atomic E-state index is -0.871. The van der Waals surface area contributed by atoms with E-state index in [0.717, 1.165) is 18.0 Å². The molecule has 0 aromatic carbocycles. The molecule has 0 atom stereocenters. The summed E-state index contributed by atoms with van der Waals surface area (Å²) in [5.41, 5.74) is 0.360. The number of nitrogens with one attached hydrogen (secondary N) is 1. The van der Waals surface area contributed by atoms with Gasteiger partial charge in [-0.05, 0) is 12.1 Å². The molecule has 5 nitrogen and oxygen atoms in total. The van der Waals surface area contributed by atoms with Crippen LogP contribution in [0.1, 0.15) is 15.2 Å². The minimum absolute atomic E-state index is 0.360. The van der Waals surface area contributed by atoms with E-state index in [2.05, 4.69) is 10.4 Å². The van der Waals surface area contributed by atoms with Crippen molar-refractivity contribution in [3.63, 3.8) is 0 Å². The normalized spacial score (nSPS) is 10.6. The number of carbonyl (C=O) groups is 1. The van der Waals surface area contributed by atoms with Crippen molar-refractivity contribution in [1.29, 1.82) is 0 Å². The van der Waals surface area contributed by atoms with Gasteiger partial charge in [0.2, 0.25) is 0 Å². The second kappa shape index (κ2) is 5.60. The van der Waals surface area contributed by atoms with Gasteiger partial charge in [0, 0.05) is 35.7 Å². The van der Waals surface area contributed by atoms with Gasteiger partial charge in [-0.1, -0.05) is 0 Å². The molecule has 17 heavy (non-hydrogen) atoms. The smallest absolute Gasteiger partial charge is 0.336 e. The molecule has 0 saturated heterocycles. The molecule has 0 aliphatic heterocycles. The van der Waals surface area contributed by atoms with Gasteiger partial charge < -0.3 is 10.4 Å². The fourth-order valence-electron chi connectivity index (χ4n) is 1.42. The molecule has 2 heterocycles. The van der Waals surface area contributed by atoms with Gasteiger partial charge in [0.25, 0.3) is 0 Å². The Bertz CT molecular complexity index is 479. The number of carboxylic acids is 1. The van der Waals surface area contributed by atoms with Crippen molar-refractivity contribution >= 4 is 17.3 Å². The molecule has 6 heteroatoms. The molecule has 0 aliphatic rings. The Morgan fingerprint density at radius 2 is 2.47 bits per heavy atom. The van der Waals surface area contributed by atoms with E-state index in [-0.39, 0.29) is 0 Å². The molecule has 0 unspecified atom stereocenters. The Balaban J connectivity index is 1.72. The summed E-state index contributed by atoms with van der Waals surface area (Å²) in [7, 11) is 0. The number of carboxylic acid groups (broad SMARTS) is 1. The summed E-state index contributed by atoms with van der Waals surface area (Å²) < 4.78 is 1.85. The second-order valence-electron chi connectivity index (χ2n) is 3.55. The lowest BCUT2D eigenvalue weighted by Gasteiger charge is -2.03. The summed E-state index contributed by atoms with van der Waals surface area (Å²) in [4.78, 5) is 11.7. The zero-order valence-electron chi connectivity index (χ0n) is 9.17. The molecule has 2 N–H and O–H groups in total. The van der Waals surface area contributed by atoms with Crippen molar-refractivity contribution in [2.75, 3.05) is 6.54 Å². The molecule has 2 aromatic rings. The largest absolute Gasteiger partial charge is 0.478 e. The Morgan fingerprint density at radius 3 is 3.12 bits per heavy atom. The summed E-state index contributed by atoms with van der Waals surface area (Å²) in [6.45, 7) is 2.31. The first-order valence-corrected chi connectivity index (χ1v) is 6.12. The highest BCUT2D eigenvalue weighted by Gasteiger charge is 2.05. The summed E-state index contributed by atoms with van der Waals surface area (Å²) in [6.07, 6.45) is 3.66. The van der Waals surface area contributed by atoms with E-state index in [9.17, 15) is 4.79 Å². The predicted molar refractivity (Wildman–Crippen MR) is 65.2 cm³/mol. The molecular weight excluding hydrogens is 238 g/mol. The third-order valence-electron chi connectivity index (χ3n) is 2.28. The van der Waals surface area contributed by atoms with Gasteiger partial charge in [-0.15, -0.1) is 11.3 Å². The first-order valence-electron chi connectivity index (χ1n) is 5.24. The van der Waals surface area contributed by atoms with Crippen LogP contribution in [0.2, 0.25) is 0 Å². The molecule has 0 amide bonds. The maximum absolute atomic E-state index is 10.7. The van der Waals surface area contributed by atoms with Gasteiger partial charge in [-0.25, -0.2) is 4.79 Å². The second-order valence-corrected chi connectivity index (χ2v) is 4.55. The molecule has 0 aliphatic carbocycles. The number of hydrogen-bond acceptors (Lipinski definition) is 4. The summed E-state index contributed by atoms with van der Waals surface area (Å²) in [5, 5.41) is 17.8. The molecular formula is C11H13N3O2S. The van der Waals surface area contributed by atoms with E-state index in [4.69, 9.17) is 5.11 Å². The molecule has 0 fully saturated rings. The Labute approximate surface area is 103 Å². The van der Waals surface area contributed by atoms with Crippen LogP contribution < -0.4 is 5.32 Å². The van der Waals surface area contributed by atoms with Crippen molar-refractivity contribution in [2.24, 2.45) is 0 Å². The van der Waals surface area contributed by atoms with Crippen LogP contribution in [0, 0.1) is 0 Å². The quantitative estimate of drug-likeness (QED) is 0.762. The standard InChI is InChI=1S/C11H13N3O2S/c15-11(16)9-6-10(17-8-9)7-12-3-5-14-4-1-2-13-14/h1-2,4,6,8,12H,3,5,7H2,(H,15,16). The van der Waals surface area contributed by atoms with Crippen LogP contribution in [0.5, 0.6) is 0 Å². The predicted octanol–water partition coefficient (Wildman–Crippen LogP) is 1.43. The van der Waals surface area contributed by atoms with Gasteiger partial charge in [0.05, 0.1) is 12.1 Å². The monoisotopic (exact) mass is 251 g/mol. The fraction of sp³-hybridized carbons (Fsp3) is 0.273. The highest BCUT2D eigenvalue weighted by molar-refractivity contribution is 7.10. The average Bonchev–Trinajstić information content (AvgIpc) is 2.96. The molecule has 0 saturated carbocycles. The van der Waals surface area contributed by atoms with E-state index in [0.29, 0.717) is 12.1 Å². The van der Waals surface area contributed by atoms with Crippen LogP contribution in [0.15, 0.2) is 29.9 Å². The number of rotatable bonds is 6. The van der Waals surface area contributed by atoms with Crippen LogP contribution in [-0.4, -0.2) is 27.4 Å². The zero-order chi connectivity index (χ0) is 12.1. The third kappa shape index (κ3) is 3.40.